The lowest BCUT2D eigenvalue weighted by Crippen LogP contribution is -2.38. The standard InChI is InChI=1S/C17H23NO3/c1-5-12(2)18(11-15-9-7-6-8-10-15)16(19)13(3)14(4)17(20)21/h6-10,12H,5,11H2,1-4H3,(H,20,21). The summed E-state index contributed by atoms with van der Waals surface area (Å²) in [7, 11) is 0. The highest BCUT2D eigenvalue weighted by Gasteiger charge is 2.23. The Kier molecular flexibility index (Phi) is 6.15. The van der Waals surface area contributed by atoms with E-state index in [1.165, 1.54) is 6.92 Å². The van der Waals surface area contributed by atoms with Crippen molar-refractivity contribution in [2.45, 2.75) is 46.7 Å². The number of benzene rings is 1. The Morgan fingerprint density at radius 1 is 1.14 bits per heavy atom. The Bertz CT molecular complexity index is 534. The van der Waals surface area contributed by atoms with E-state index in [9.17, 15) is 9.59 Å². The van der Waals surface area contributed by atoms with E-state index in [0.717, 1.165) is 12.0 Å². The number of rotatable bonds is 6. The van der Waals surface area contributed by atoms with E-state index >= 15 is 0 Å². The Morgan fingerprint density at radius 3 is 2.19 bits per heavy atom. The van der Waals surface area contributed by atoms with Crippen molar-refractivity contribution in [2.75, 3.05) is 0 Å². The zero-order valence-corrected chi connectivity index (χ0v) is 13.1. The molecule has 114 valence electrons. The maximum Gasteiger partial charge on any atom is 0.331 e. The third-order valence-corrected chi connectivity index (χ3v) is 3.78. The molecule has 21 heavy (non-hydrogen) atoms. The highest BCUT2D eigenvalue weighted by atomic mass is 16.4. The van der Waals surface area contributed by atoms with Crippen LogP contribution >= 0.6 is 0 Å². The molecule has 0 aliphatic heterocycles. The van der Waals surface area contributed by atoms with Gasteiger partial charge in [0.25, 0.3) is 5.91 Å². The van der Waals surface area contributed by atoms with Gasteiger partial charge in [0.2, 0.25) is 0 Å². The van der Waals surface area contributed by atoms with Gasteiger partial charge in [0.05, 0.1) is 0 Å². The molecule has 0 saturated heterocycles. The fourth-order valence-corrected chi connectivity index (χ4v) is 1.96. The molecule has 1 aromatic rings. The largest absolute Gasteiger partial charge is 0.478 e. The smallest absolute Gasteiger partial charge is 0.331 e. The lowest BCUT2D eigenvalue weighted by molar-refractivity contribution is -0.134. The Morgan fingerprint density at radius 2 is 1.71 bits per heavy atom. The number of carboxylic acids is 1. The van der Waals surface area contributed by atoms with Crippen LogP contribution in [-0.4, -0.2) is 27.9 Å². The average Bonchev–Trinajstić information content (AvgIpc) is 2.50. The lowest BCUT2D eigenvalue weighted by atomic mass is 10.1. The highest BCUT2D eigenvalue weighted by molar-refractivity contribution is 6.01. The average molecular weight is 289 g/mol. The molecule has 0 bridgehead atoms. The minimum Gasteiger partial charge on any atom is -0.478 e. The first-order valence-electron chi connectivity index (χ1n) is 7.14. The minimum atomic E-state index is -1.05. The number of hydrogen-bond donors (Lipinski definition) is 1. The van der Waals surface area contributed by atoms with Crippen molar-refractivity contribution >= 4 is 11.9 Å². The molecule has 0 radical (unpaired) electrons. The number of hydrogen-bond acceptors (Lipinski definition) is 2. The van der Waals surface area contributed by atoms with Gasteiger partial charge in [-0.2, -0.15) is 0 Å². The topological polar surface area (TPSA) is 57.6 Å². The summed E-state index contributed by atoms with van der Waals surface area (Å²) in [6.45, 7) is 7.52. The van der Waals surface area contributed by atoms with Gasteiger partial charge in [-0.15, -0.1) is 0 Å². The number of amides is 1. The lowest BCUT2D eigenvalue weighted by Gasteiger charge is -2.29. The monoisotopic (exact) mass is 289 g/mol. The molecule has 1 aromatic carbocycles. The van der Waals surface area contributed by atoms with E-state index in [1.807, 2.05) is 44.2 Å². The van der Waals surface area contributed by atoms with Crippen molar-refractivity contribution in [1.29, 1.82) is 0 Å². The summed E-state index contributed by atoms with van der Waals surface area (Å²) in [6, 6.07) is 9.77. The van der Waals surface area contributed by atoms with Gasteiger partial charge in [0.15, 0.2) is 0 Å². The molecule has 0 spiro atoms. The second-order valence-electron chi connectivity index (χ2n) is 5.23. The Labute approximate surface area is 126 Å². The molecule has 1 N–H and O–H groups in total. The van der Waals surface area contributed by atoms with Crippen LogP contribution in [0.2, 0.25) is 0 Å². The number of carbonyl (C=O) groups is 2. The van der Waals surface area contributed by atoms with Crippen molar-refractivity contribution in [3.8, 4) is 0 Å². The van der Waals surface area contributed by atoms with Crippen LogP contribution in [0.1, 0.15) is 39.7 Å². The summed E-state index contributed by atoms with van der Waals surface area (Å²) in [6.07, 6.45) is 0.817. The summed E-state index contributed by atoms with van der Waals surface area (Å²) in [4.78, 5) is 25.4. The first-order valence-corrected chi connectivity index (χ1v) is 7.14. The molecular weight excluding hydrogens is 266 g/mol. The zero-order valence-electron chi connectivity index (χ0n) is 13.1. The predicted molar refractivity (Wildman–Crippen MR) is 82.8 cm³/mol. The fourth-order valence-electron chi connectivity index (χ4n) is 1.96. The minimum absolute atomic E-state index is 0.0502. The van der Waals surface area contributed by atoms with Crippen LogP contribution < -0.4 is 0 Å². The number of carboxylic acid groups (broad SMARTS) is 1. The molecule has 1 rings (SSSR count). The molecule has 0 aliphatic rings. The van der Waals surface area contributed by atoms with E-state index < -0.39 is 5.97 Å². The van der Waals surface area contributed by atoms with Crippen molar-refractivity contribution < 1.29 is 14.7 Å². The molecule has 0 saturated carbocycles. The van der Waals surface area contributed by atoms with Crippen molar-refractivity contribution in [3.05, 3.63) is 47.0 Å². The molecular formula is C17H23NO3. The highest BCUT2D eigenvalue weighted by Crippen LogP contribution is 2.16. The maximum atomic E-state index is 12.6. The normalized spacial score (nSPS) is 13.3. The van der Waals surface area contributed by atoms with E-state index in [2.05, 4.69) is 0 Å². The first-order chi connectivity index (χ1) is 9.88. The van der Waals surface area contributed by atoms with Gasteiger partial charge in [-0.25, -0.2) is 4.79 Å². The number of carbonyl (C=O) groups excluding carboxylic acids is 1. The quantitative estimate of drug-likeness (QED) is 0.818. The van der Waals surface area contributed by atoms with E-state index in [0.29, 0.717) is 12.1 Å². The fraction of sp³-hybridized carbons (Fsp3) is 0.412. The van der Waals surface area contributed by atoms with Crippen molar-refractivity contribution in [2.24, 2.45) is 0 Å². The SMILES string of the molecule is CCC(C)N(Cc1ccccc1)C(=O)C(C)=C(C)C(=O)O. The van der Waals surface area contributed by atoms with Gasteiger partial charge in [0, 0.05) is 23.7 Å². The van der Waals surface area contributed by atoms with Gasteiger partial charge in [-0.05, 0) is 32.8 Å². The molecule has 0 aromatic heterocycles. The third-order valence-electron chi connectivity index (χ3n) is 3.78. The second kappa shape index (κ2) is 7.62. The summed E-state index contributed by atoms with van der Waals surface area (Å²) in [5.41, 5.74) is 1.42. The predicted octanol–water partition coefficient (Wildman–Crippen LogP) is 3.23. The summed E-state index contributed by atoms with van der Waals surface area (Å²) >= 11 is 0. The molecule has 0 fully saturated rings. The zero-order chi connectivity index (χ0) is 16.0. The van der Waals surface area contributed by atoms with Gasteiger partial charge in [-0.3, -0.25) is 4.79 Å². The summed E-state index contributed by atoms with van der Waals surface area (Å²) < 4.78 is 0. The van der Waals surface area contributed by atoms with Gasteiger partial charge in [-0.1, -0.05) is 37.3 Å². The van der Waals surface area contributed by atoms with Crippen LogP contribution in [0, 0.1) is 0 Å². The van der Waals surface area contributed by atoms with Gasteiger partial charge < -0.3 is 10.0 Å². The molecule has 4 nitrogen and oxygen atoms in total. The van der Waals surface area contributed by atoms with Crippen LogP contribution in [0.4, 0.5) is 0 Å². The molecule has 4 heteroatoms. The number of nitrogens with zero attached hydrogens (tertiary/aromatic N) is 1. The van der Waals surface area contributed by atoms with Crippen LogP contribution in [0.5, 0.6) is 0 Å². The van der Waals surface area contributed by atoms with Crippen LogP contribution in [0.3, 0.4) is 0 Å². The van der Waals surface area contributed by atoms with Crippen LogP contribution in [0.15, 0.2) is 41.5 Å². The molecule has 0 aliphatic carbocycles. The number of aliphatic carboxylic acids is 1. The van der Waals surface area contributed by atoms with E-state index in [4.69, 9.17) is 5.11 Å². The molecule has 0 heterocycles. The third kappa shape index (κ3) is 4.45. The second-order valence-corrected chi connectivity index (χ2v) is 5.23. The molecule has 1 atom stereocenters. The van der Waals surface area contributed by atoms with E-state index in [1.54, 1.807) is 11.8 Å². The van der Waals surface area contributed by atoms with Crippen LogP contribution in [-0.2, 0) is 16.1 Å². The van der Waals surface area contributed by atoms with E-state index in [-0.39, 0.29) is 17.5 Å². The summed E-state index contributed by atoms with van der Waals surface area (Å²) in [5, 5.41) is 9.04. The van der Waals surface area contributed by atoms with Gasteiger partial charge >= 0.3 is 5.97 Å². The van der Waals surface area contributed by atoms with Crippen LogP contribution in [0.25, 0.3) is 0 Å². The van der Waals surface area contributed by atoms with Crippen molar-refractivity contribution in [1.82, 2.24) is 4.90 Å². The van der Waals surface area contributed by atoms with Crippen molar-refractivity contribution in [3.63, 3.8) is 0 Å². The van der Waals surface area contributed by atoms with Gasteiger partial charge in [0.1, 0.15) is 0 Å². The molecule has 1 unspecified atom stereocenters. The maximum absolute atomic E-state index is 12.6. The Hall–Kier alpha value is -2.10. The molecule has 1 amide bonds. The first kappa shape index (κ1) is 17.0. The summed E-state index contributed by atoms with van der Waals surface area (Å²) in [5.74, 6) is -1.27. The Balaban J connectivity index is 3.06.